The van der Waals surface area contributed by atoms with Crippen LogP contribution >= 0.6 is 0 Å². The number of carbonyl (C=O) groups excluding carboxylic acids is 1. The molecule has 140 valence electrons. The topological polar surface area (TPSA) is 47.6 Å². The van der Waals surface area contributed by atoms with Crippen LogP contribution in [-0.4, -0.2) is 19.1 Å². The summed E-state index contributed by atoms with van der Waals surface area (Å²) in [4.78, 5) is 12.6. The Hall–Kier alpha value is -2.49. The first kappa shape index (κ1) is 19.8. The van der Waals surface area contributed by atoms with Crippen LogP contribution in [0.1, 0.15) is 43.9 Å². The second-order valence-electron chi connectivity index (χ2n) is 6.22. The van der Waals surface area contributed by atoms with Crippen LogP contribution in [0.25, 0.3) is 0 Å². The van der Waals surface area contributed by atoms with Crippen molar-refractivity contribution in [3.63, 3.8) is 0 Å². The minimum Gasteiger partial charge on any atom is -0.497 e. The smallest absolute Gasteiger partial charge is 0.261 e. The van der Waals surface area contributed by atoms with E-state index >= 15 is 0 Å². The third-order valence-corrected chi connectivity index (χ3v) is 4.51. The molecule has 26 heavy (non-hydrogen) atoms. The van der Waals surface area contributed by atoms with Gasteiger partial charge in [-0.15, -0.1) is 0 Å². The average Bonchev–Trinajstić information content (AvgIpc) is 2.70. The van der Waals surface area contributed by atoms with E-state index in [1.54, 1.807) is 7.11 Å². The molecular weight excluding hydrogens is 326 g/mol. The number of methoxy groups -OCH3 is 1. The van der Waals surface area contributed by atoms with Gasteiger partial charge in [0.15, 0.2) is 6.10 Å². The highest BCUT2D eigenvalue weighted by molar-refractivity contribution is 5.81. The van der Waals surface area contributed by atoms with Crippen LogP contribution in [0.4, 0.5) is 0 Å². The number of ether oxygens (including phenoxy) is 2. The van der Waals surface area contributed by atoms with E-state index in [2.05, 4.69) is 37.4 Å². The lowest BCUT2D eigenvalue weighted by Crippen LogP contribution is -2.37. The Morgan fingerprint density at radius 1 is 0.962 bits per heavy atom. The van der Waals surface area contributed by atoms with Gasteiger partial charge in [-0.2, -0.15) is 0 Å². The minimum absolute atomic E-state index is 0.0905. The molecule has 2 aromatic carbocycles. The summed E-state index contributed by atoms with van der Waals surface area (Å²) in [7, 11) is 1.62. The molecule has 4 nitrogen and oxygen atoms in total. The molecule has 0 aliphatic rings. The summed E-state index contributed by atoms with van der Waals surface area (Å²) in [6.45, 7) is 6.74. The van der Waals surface area contributed by atoms with E-state index in [1.807, 2.05) is 31.2 Å². The van der Waals surface area contributed by atoms with Crippen molar-refractivity contribution in [2.75, 3.05) is 7.11 Å². The predicted molar refractivity (Wildman–Crippen MR) is 105 cm³/mol. The summed E-state index contributed by atoms with van der Waals surface area (Å²) in [6.07, 6.45) is 2.04. The van der Waals surface area contributed by atoms with Gasteiger partial charge in [0.1, 0.15) is 11.5 Å². The monoisotopic (exact) mass is 355 g/mol. The van der Waals surface area contributed by atoms with Gasteiger partial charge >= 0.3 is 0 Å². The molecule has 0 aliphatic heterocycles. The van der Waals surface area contributed by atoms with Gasteiger partial charge in [0.05, 0.1) is 7.11 Å². The lowest BCUT2D eigenvalue weighted by molar-refractivity contribution is -0.128. The van der Waals surface area contributed by atoms with Crippen molar-refractivity contribution in [2.24, 2.45) is 0 Å². The number of hydrogen-bond acceptors (Lipinski definition) is 3. The van der Waals surface area contributed by atoms with E-state index in [-0.39, 0.29) is 5.91 Å². The molecule has 0 aromatic heterocycles. The standard InChI is InChI=1S/C22H29NO3/c1-5-16-8-9-17(6-2)18(14-16)15-23-22(24)21(7-3)26-20-12-10-19(25-4)11-13-20/h8-14,21H,5-7,15H2,1-4H3,(H,23,24)/t21-/m0/s1. The van der Waals surface area contributed by atoms with Gasteiger partial charge in [-0.05, 0) is 60.2 Å². The van der Waals surface area contributed by atoms with Crippen LogP contribution in [0.5, 0.6) is 11.5 Å². The van der Waals surface area contributed by atoms with E-state index < -0.39 is 6.10 Å². The molecule has 1 N–H and O–H groups in total. The molecule has 0 bridgehead atoms. The first-order valence-electron chi connectivity index (χ1n) is 9.30. The first-order chi connectivity index (χ1) is 12.6. The molecule has 2 aromatic rings. The van der Waals surface area contributed by atoms with Crippen LogP contribution in [0.3, 0.4) is 0 Å². The first-order valence-corrected chi connectivity index (χ1v) is 9.30. The van der Waals surface area contributed by atoms with Gasteiger partial charge in [0.25, 0.3) is 5.91 Å². The molecule has 0 saturated heterocycles. The van der Waals surface area contributed by atoms with E-state index in [9.17, 15) is 4.79 Å². The summed E-state index contributed by atoms with van der Waals surface area (Å²) >= 11 is 0. The minimum atomic E-state index is -0.511. The second kappa shape index (κ2) is 9.85. The summed E-state index contributed by atoms with van der Waals surface area (Å²) in [6, 6.07) is 13.8. The van der Waals surface area contributed by atoms with Crippen LogP contribution in [0, 0.1) is 0 Å². The summed E-state index contributed by atoms with van der Waals surface area (Å²) in [5.41, 5.74) is 3.74. The van der Waals surface area contributed by atoms with Crippen molar-refractivity contribution in [3.05, 3.63) is 59.2 Å². The van der Waals surface area contributed by atoms with Gasteiger partial charge in [-0.25, -0.2) is 0 Å². The van der Waals surface area contributed by atoms with Crippen LogP contribution in [0.15, 0.2) is 42.5 Å². The van der Waals surface area contributed by atoms with Gasteiger partial charge < -0.3 is 14.8 Å². The van der Waals surface area contributed by atoms with Crippen molar-refractivity contribution < 1.29 is 14.3 Å². The fourth-order valence-corrected chi connectivity index (χ4v) is 2.85. The number of hydrogen-bond donors (Lipinski definition) is 1. The van der Waals surface area contributed by atoms with Crippen LogP contribution in [-0.2, 0) is 24.2 Å². The number of amides is 1. The van der Waals surface area contributed by atoms with Crippen molar-refractivity contribution in [2.45, 2.75) is 52.7 Å². The predicted octanol–water partition coefficient (Wildman–Crippen LogP) is 4.29. The van der Waals surface area contributed by atoms with Gasteiger partial charge in [0.2, 0.25) is 0 Å². The molecule has 0 aliphatic carbocycles. The zero-order chi connectivity index (χ0) is 18.9. The lowest BCUT2D eigenvalue weighted by atomic mass is 10.0. The molecule has 1 amide bonds. The highest BCUT2D eigenvalue weighted by atomic mass is 16.5. The maximum absolute atomic E-state index is 12.6. The quantitative estimate of drug-likeness (QED) is 0.730. The van der Waals surface area contributed by atoms with Gasteiger partial charge in [-0.1, -0.05) is 39.0 Å². The number of benzene rings is 2. The van der Waals surface area contributed by atoms with Gasteiger partial charge in [0, 0.05) is 6.54 Å². The highest BCUT2D eigenvalue weighted by Gasteiger charge is 2.18. The summed E-state index contributed by atoms with van der Waals surface area (Å²) in [5, 5.41) is 3.03. The Bertz CT molecular complexity index is 710. The number of nitrogens with one attached hydrogen (secondary N) is 1. The zero-order valence-corrected chi connectivity index (χ0v) is 16.2. The van der Waals surface area contributed by atoms with Crippen LogP contribution in [0.2, 0.25) is 0 Å². The van der Waals surface area contributed by atoms with Crippen molar-refractivity contribution in [1.82, 2.24) is 5.32 Å². The Labute approximate surface area is 156 Å². The molecular formula is C22H29NO3. The molecule has 0 heterocycles. The Morgan fingerprint density at radius 3 is 2.23 bits per heavy atom. The van der Waals surface area contributed by atoms with Crippen LogP contribution < -0.4 is 14.8 Å². The fraction of sp³-hybridized carbons (Fsp3) is 0.409. The molecule has 4 heteroatoms. The number of aryl methyl sites for hydroxylation is 2. The normalized spacial score (nSPS) is 11.7. The van der Waals surface area contributed by atoms with Crippen molar-refractivity contribution in [1.29, 1.82) is 0 Å². The molecule has 0 radical (unpaired) electrons. The average molecular weight is 355 g/mol. The molecule has 0 spiro atoms. The summed E-state index contributed by atoms with van der Waals surface area (Å²) in [5.74, 6) is 1.33. The van der Waals surface area contributed by atoms with Gasteiger partial charge in [-0.3, -0.25) is 4.79 Å². The summed E-state index contributed by atoms with van der Waals surface area (Å²) < 4.78 is 11.0. The molecule has 0 saturated carbocycles. The number of rotatable bonds is 9. The maximum Gasteiger partial charge on any atom is 0.261 e. The van der Waals surface area contributed by atoms with E-state index in [0.717, 1.165) is 18.6 Å². The Kier molecular flexibility index (Phi) is 7.52. The lowest BCUT2D eigenvalue weighted by Gasteiger charge is -2.18. The number of carbonyl (C=O) groups is 1. The third-order valence-electron chi connectivity index (χ3n) is 4.51. The molecule has 0 fully saturated rings. The van der Waals surface area contributed by atoms with E-state index in [0.29, 0.717) is 18.7 Å². The third kappa shape index (κ3) is 5.25. The van der Waals surface area contributed by atoms with E-state index in [1.165, 1.54) is 16.7 Å². The SMILES string of the molecule is CCc1ccc(CC)c(CNC(=O)[C@H](CC)Oc2ccc(OC)cc2)c1. The van der Waals surface area contributed by atoms with Crippen molar-refractivity contribution in [3.8, 4) is 11.5 Å². The van der Waals surface area contributed by atoms with Crippen molar-refractivity contribution >= 4 is 5.91 Å². The molecule has 1 atom stereocenters. The Balaban J connectivity index is 2.00. The fourth-order valence-electron chi connectivity index (χ4n) is 2.85. The Morgan fingerprint density at radius 2 is 1.65 bits per heavy atom. The maximum atomic E-state index is 12.6. The molecule has 0 unspecified atom stereocenters. The molecule has 2 rings (SSSR count). The second-order valence-corrected chi connectivity index (χ2v) is 6.22. The van der Waals surface area contributed by atoms with E-state index in [4.69, 9.17) is 9.47 Å². The largest absolute Gasteiger partial charge is 0.497 e. The highest BCUT2D eigenvalue weighted by Crippen LogP contribution is 2.19. The zero-order valence-electron chi connectivity index (χ0n) is 16.2.